The molecule has 1 aromatic rings. The van der Waals surface area contributed by atoms with Crippen molar-refractivity contribution in [1.82, 2.24) is 9.88 Å². The molecule has 3 nitrogen and oxygen atoms in total. The van der Waals surface area contributed by atoms with Crippen molar-refractivity contribution < 1.29 is 5.11 Å². The van der Waals surface area contributed by atoms with E-state index in [-0.39, 0.29) is 5.76 Å². The fraction of sp³-hybridized carbons (Fsp3) is 0.286. The Balaban J connectivity index is 2.05. The third kappa shape index (κ3) is 3.28. The number of likely N-dealkylation sites (tertiary alicyclic amines) is 1. The standard InChI is InChI=1S/C14H18N2O/c1-12(17)4-5-14-13(6-8-15-14)7-11-16-9-2-3-10-16/h4-8,11,15,17H,1-3,9-10H2/b5-4+,11-7+. The Morgan fingerprint density at radius 2 is 2.12 bits per heavy atom. The quantitative estimate of drug-likeness (QED) is 0.616. The van der Waals surface area contributed by atoms with E-state index < -0.39 is 0 Å². The van der Waals surface area contributed by atoms with E-state index in [4.69, 9.17) is 5.11 Å². The minimum absolute atomic E-state index is 0.0640. The molecule has 0 aliphatic carbocycles. The summed E-state index contributed by atoms with van der Waals surface area (Å²) in [6.45, 7) is 5.73. The molecule has 0 spiro atoms. The molecule has 90 valence electrons. The first-order valence-corrected chi connectivity index (χ1v) is 5.91. The summed E-state index contributed by atoms with van der Waals surface area (Å²) < 4.78 is 0. The van der Waals surface area contributed by atoms with E-state index in [1.54, 1.807) is 6.08 Å². The van der Waals surface area contributed by atoms with Crippen LogP contribution in [0.5, 0.6) is 0 Å². The molecule has 0 saturated carbocycles. The Morgan fingerprint density at radius 1 is 1.35 bits per heavy atom. The highest BCUT2D eigenvalue weighted by Crippen LogP contribution is 2.14. The molecule has 1 aliphatic heterocycles. The summed E-state index contributed by atoms with van der Waals surface area (Å²) >= 11 is 0. The molecule has 17 heavy (non-hydrogen) atoms. The Hall–Kier alpha value is -1.90. The number of allylic oxidation sites excluding steroid dienone is 1. The maximum atomic E-state index is 9.02. The fourth-order valence-corrected chi connectivity index (χ4v) is 1.94. The molecule has 1 aliphatic rings. The van der Waals surface area contributed by atoms with Crippen LogP contribution >= 0.6 is 0 Å². The Labute approximate surface area is 102 Å². The lowest BCUT2D eigenvalue weighted by molar-refractivity contribution is 0.436. The first-order chi connectivity index (χ1) is 8.25. The number of aliphatic hydroxyl groups is 1. The van der Waals surface area contributed by atoms with Gasteiger partial charge in [0.2, 0.25) is 0 Å². The van der Waals surface area contributed by atoms with Gasteiger partial charge in [-0.1, -0.05) is 6.58 Å². The van der Waals surface area contributed by atoms with Crippen molar-refractivity contribution in [2.75, 3.05) is 13.1 Å². The average molecular weight is 230 g/mol. The molecule has 0 bridgehead atoms. The molecule has 0 atom stereocenters. The predicted octanol–water partition coefficient (Wildman–Crippen LogP) is 3.17. The van der Waals surface area contributed by atoms with Crippen LogP contribution in [0.15, 0.2) is 36.9 Å². The number of hydrogen-bond acceptors (Lipinski definition) is 2. The van der Waals surface area contributed by atoms with E-state index in [0.29, 0.717) is 0 Å². The van der Waals surface area contributed by atoms with Gasteiger partial charge >= 0.3 is 0 Å². The van der Waals surface area contributed by atoms with E-state index in [1.165, 1.54) is 12.8 Å². The van der Waals surface area contributed by atoms with Gasteiger partial charge in [-0.2, -0.15) is 0 Å². The van der Waals surface area contributed by atoms with Crippen LogP contribution in [-0.2, 0) is 0 Å². The normalized spacial score (nSPS) is 16.4. The smallest absolute Gasteiger partial charge is 0.108 e. The summed E-state index contributed by atoms with van der Waals surface area (Å²) in [5.74, 6) is 0.0640. The number of rotatable bonds is 4. The van der Waals surface area contributed by atoms with E-state index >= 15 is 0 Å². The molecule has 1 aromatic heterocycles. The molecule has 1 fully saturated rings. The van der Waals surface area contributed by atoms with Gasteiger partial charge in [0, 0.05) is 30.5 Å². The largest absolute Gasteiger partial charge is 0.509 e. The van der Waals surface area contributed by atoms with Gasteiger partial charge in [0.25, 0.3) is 0 Å². The molecule has 0 unspecified atom stereocenters. The molecular formula is C14H18N2O. The van der Waals surface area contributed by atoms with E-state index in [9.17, 15) is 0 Å². The minimum atomic E-state index is 0.0640. The number of aromatic nitrogens is 1. The molecule has 2 rings (SSSR count). The van der Waals surface area contributed by atoms with Crippen molar-refractivity contribution in [3.63, 3.8) is 0 Å². The van der Waals surface area contributed by atoms with Gasteiger partial charge in [0.05, 0.1) is 0 Å². The highest BCUT2D eigenvalue weighted by molar-refractivity contribution is 5.63. The van der Waals surface area contributed by atoms with Crippen LogP contribution in [0.3, 0.4) is 0 Å². The molecule has 0 amide bonds. The number of hydrogen-bond donors (Lipinski definition) is 2. The van der Waals surface area contributed by atoms with Gasteiger partial charge in [-0.3, -0.25) is 0 Å². The van der Waals surface area contributed by atoms with Crippen molar-refractivity contribution in [2.45, 2.75) is 12.8 Å². The lowest BCUT2D eigenvalue weighted by Crippen LogP contribution is -2.09. The first-order valence-electron chi connectivity index (χ1n) is 5.91. The van der Waals surface area contributed by atoms with Crippen molar-refractivity contribution in [3.8, 4) is 0 Å². The monoisotopic (exact) mass is 230 g/mol. The fourth-order valence-electron chi connectivity index (χ4n) is 1.94. The topological polar surface area (TPSA) is 39.3 Å². The zero-order valence-corrected chi connectivity index (χ0v) is 9.89. The predicted molar refractivity (Wildman–Crippen MR) is 71.4 cm³/mol. The molecule has 0 radical (unpaired) electrons. The van der Waals surface area contributed by atoms with Crippen molar-refractivity contribution >= 4 is 12.2 Å². The van der Waals surface area contributed by atoms with Crippen LogP contribution < -0.4 is 0 Å². The zero-order valence-electron chi connectivity index (χ0n) is 9.89. The summed E-state index contributed by atoms with van der Waals surface area (Å²) in [7, 11) is 0. The molecule has 0 aromatic carbocycles. The van der Waals surface area contributed by atoms with Gasteiger partial charge in [0.15, 0.2) is 0 Å². The van der Waals surface area contributed by atoms with E-state index in [0.717, 1.165) is 24.3 Å². The van der Waals surface area contributed by atoms with Crippen molar-refractivity contribution in [2.24, 2.45) is 0 Å². The first kappa shape index (κ1) is 11.6. The minimum Gasteiger partial charge on any atom is -0.509 e. The zero-order chi connectivity index (χ0) is 12.1. The number of nitrogens with zero attached hydrogens (tertiary/aromatic N) is 1. The second-order valence-corrected chi connectivity index (χ2v) is 4.23. The number of aromatic amines is 1. The van der Waals surface area contributed by atoms with Crippen molar-refractivity contribution in [3.05, 3.63) is 48.1 Å². The molecule has 2 heterocycles. The van der Waals surface area contributed by atoms with Crippen LogP contribution in [0.1, 0.15) is 24.1 Å². The summed E-state index contributed by atoms with van der Waals surface area (Å²) in [5, 5.41) is 9.02. The molecule has 1 saturated heterocycles. The Morgan fingerprint density at radius 3 is 2.82 bits per heavy atom. The van der Waals surface area contributed by atoms with Crippen LogP contribution in [0.25, 0.3) is 12.2 Å². The Bertz CT molecular complexity index is 437. The van der Waals surface area contributed by atoms with Crippen molar-refractivity contribution in [1.29, 1.82) is 0 Å². The highest BCUT2D eigenvalue weighted by atomic mass is 16.3. The SMILES string of the molecule is C=C(O)/C=C/c1[nH]ccc1/C=C/N1CCCC1. The number of H-pyrrole nitrogens is 1. The molecule has 2 N–H and O–H groups in total. The second-order valence-electron chi connectivity index (χ2n) is 4.23. The van der Waals surface area contributed by atoms with Gasteiger partial charge in [-0.05, 0) is 43.3 Å². The highest BCUT2D eigenvalue weighted by Gasteiger charge is 2.06. The van der Waals surface area contributed by atoms with E-state index in [2.05, 4.69) is 28.7 Å². The van der Waals surface area contributed by atoms with Crippen LogP contribution in [0.4, 0.5) is 0 Å². The Kier molecular flexibility index (Phi) is 3.70. The van der Waals surface area contributed by atoms with Crippen LogP contribution in [-0.4, -0.2) is 28.1 Å². The van der Waals surface area contributed by atoms with Crippen LogP contribution in [0, 0.1) is 0 Å². The lowest BCUT2D eigenvalue weighted by Gasteiger charge is -2.09. The summed E-state index contributed by atoms with van der Waals surface area (Å²) in [6.07, 6.45) is 12.1. The van der Waals surface area contributed by atoms with Gasteiger partial charge in [0.1, 0.15) is 5.76 Å². The third-order valence-electron chi connectivity index (χ3n) is 2.86. The number of nitrogens with one attached hydrogen (secondary N) is 1. The maximum absolute atomic E-state index is 9.02. The van der Waals surface area contributed by atoms with Crippen LogP contribution in [0.2, 0.25) is 0 Å². The summed E-state index contributed by atoms with van der Waals surface area (Å²) in [6, 6.07) is 2.02. The third-order valence-corrected chi connectivity index (χ3v) is 2.86. The summed E-state index contributed by atoms with van der Waals surface area (Å²) in [5.41, 5.74) is 2.10. The maximum Gasteiger partial charge on any atom is 0.108 e. The van der Waals surface area contributed by atoms with E-state index in [1.807, 2.05) is 18.3 Å². The average Bonchev–Trinajstić information content (AvgIpc) is 2.95. The molecular weight excluding hydrogens is 212 g/mol. The van der Waals surface area contributed by atoms with Gasteiger partial charge in [-0.25, -0.2) is 0 Å². The summed E-state index contributed by atoms with van der Waals surface area (Å²) in [4.78, 5) is 5.45. The van der Waals surface area contributed by atoms with Gasteiger partial charge < -0.3 is 15.0 Å². The second kappa shape index (κ2) is 5.43. The van der Waals surface area contributed by atoms with Gasteiger partial charge in [-0.15, -0.1) is 0 Å². The molecule has 3 heteroatoms. The lowest BCUT2D eigenvalue weighted by atomic mass is 10.2. The number of aliphatic hydroxyl groups excluding tert-OH is 1.